The van der Waals surface area contributed by atoms with E-state index in [-0.39, 0.29) is 5.56 Å². The molecule has 72 valence electrons. The number of aromatic nitrogens is 3. The second-order valence-corrected chi connectivity index (χ2v) is 3.28. The van der Waals surface area contributed by atoms with Crippen LogP contribution in [0.3, 0.4) is 0 Å². The summed E-state index contributed by atoms with van der Waals surface area (Å²) in [6.45, 7) is 0. The fourth-order valence-corrected chi connectivity index (χ4v) is 1.71. The molecule has 0 unspecified atom stereocenters. The molecule has 0 amide bonds. The Balaban J connectivity index is 2.70. The van der Waals surface area contributed by atoms with Gasteiger partial charge in [0.2, 0.25) is 0 Å². The lowest BCUT2D eigenvalue weighted by Crippen LogP contribution is -2.06. The molecule has 1 aromatic carbocycles. The van der Waals surface area contributed by atoms with Crippen molar-refractivity contribution < 1.29 is 0 Å². The SMILES string of the molecule is O=c1[nH]c2cncnc2c2ccccc12. The molecule has 3 aromatic rings. The lowest BCUT2D eigenvalue weighted by Gasteiger charge is -2.00. The topological polar surface area (TPSA) is 58.6 Å². The number of hydrogen-bond acceptors (Lipinski definition) is 3. The lowest BCUT2D eigenvalue weighted by atomic mass is 10.1. The van der Waals surface area contributed by atoms with E-state index < -0.39 is 0 Å². The third-order valence-corrected chi connectivity index (χ3v) is 2.39. The van der Waals surface area contributed by atoms with Crippen LogP contribution in [0.2, 0.25) is 0 Å². The molecule has 2 heterocycles. The van der Waals surface area contributed by atoms with Crippen LogP contribution < -0.4 is 5.56 Å². The minimum Gasteiger partial charge on any atom is -0.319 e. The van der Waals surface area contributed by atoms with Gasteiger partial charge >= 0.3 is 0 Å². The lowest BCUT2D eigenvalue weighted by molar-refractivity contribution is 1.19. The Bertz CT molecular complexity index is 703. The van der Waals surface area contributed by atoms with E-state index in [4.69, 9.17) is 0 Å². The highest BCUT2D eigenvalue weighted by Crippen LogP contribution is 2.16. The molecule has 0 spiro atoms. The van der Waals surface area contributed by atoms with E-state index in [1.54, 1.807) is 12.3 Å². The minimum absolute atomic E-state index is 0.104. The van der Waals surface area contributed by atoms with Crippen molar-refractivity contribution in [2.75, 3.05) is 0 Å². The molecule has 0 radical (unpaired) electrons. The molecule has 0 bridgehead atoms. The molecule has 0 atom stereocenters. The van der Waals surface area contributed by atoms with Crippen molar-refractivity contribution in [1.29, 1.82) is 0 Å². The van der Waals surface area contributed by atoms with Crippen molar-refractivity contribution in [3.63, 3.8) is 0 Å². The highest BCUT2D eigenvalue weighted by Gasteiger charge is 2.04. The van der Waals surface area contributed by atoms with Crippen molar-refractivity contribution in [1.82, 2.24) is 15.0 Å². The first-order valence-corrected chi connectivity index (χ1v) is 4.57. The molecule has 0 saturated heterocycles. The first-order valence-electron chi connectivity index (χ1n) is 4.57. The predicted octanol–water partition coefficient (Wildman–Crippen LogP) is 1.47. The maximum absolute atomic E-state index is 11.7. The Morgan fingerprint density at radius 1 is 1.13 bits per heavy atom. The van der Waals surface area contributed by atoms with E-state index in [1.165, 1.54) is 6.33 Å². The molecule has 4 heteroatoms. The van der Waals surface area contributed by atoms with E-state index in [0.717, 1.165) is 10.9 Å². The fourth-order valence-electron chi connectivity index (χ4n) is 1.71. The molecule has 0 fully saturated rings. The molecule has 2 aromatic heterocycles. The van der Waals surface area contributed by atoms with Crippen molar-refractivity contribution in [3.05, 3.63) is 47.1 Å². The van der Waals surface area contributed by atoms with Crippen molar-refractivity contribution in [2.24, 2.45) is 0 Å². The summed E-state index contributed by atoms with van der Waals surface area (Å²) < 4.78 is 0. The molecule has 3 rings (SSSR count). The van der Waals surface area contributed by atoms with Crippen LogP contribution in [-0.4, -0.2) is 15.0 Å². The van der Waals surface area contributed by atoms with E-state index in [9.17, 15) is 4.79 Å². The Morgan fingerprint density at radius 3 is 2.80 bits per heavy atom. The molecule has 0 aliphatic carbocycles. The van der Waals surface area contributed by atoms with Gasteiger partial charge in [0.25, 0.3) is 5.56 Å². The summed E-state index contributed by atoms with van der Waals surface area (Å²) >= 11 is 0. The zero-order chi connectivity index (χ0) is 10.3. The van der Waals surface area contributed by atoms with Gasteiger partial charge in [-0.2, -0.15) is 0 Å². The highest BCUT2D eigenvalue weighted by molar-refractivity contribution is 6.02. The molecule has 4 nitrogen and oxygen atoms in total. The largest absolute Gasteiger partial charge is 0.319 e. The zero-order valence-electron chi connectivity index (χ0n) is 7.77. The summed E-state index contributed by atoms with van der Waals surface area (Å²) in [7, 11) is 0. The maximum Gasteiger partial charge on any atom is 0.256 e. The van der Waals surface area contributed by atoms with Crippen LogP contribution in [0.5, 0.6) is 0 Å². The second-order valence-electron chi connectivity index (χ2n) is 3.28. The average molecular weight is 197 g/mol. The van der Waals surface area contributed by atoms with E-state index in [1.807, 2.05) is 18.2 Å². The third kappa shape index (κ3) is 1.11. The van der Waals surface area contributed by atoms with Crippen LogP contribution in [0.4, 0.5) is 0 Å². The van der Waals surface area contributed by atoms with Gasteiger partial charge in [0, 0.05) is 10.8 Å². The molecule has 0 aliphatic rings. The number of H-pyrrole nitrogens is 1. The van der Waals surface area contributed by atoms with Crippen LogP contribution in [0.15, 0.2) is 41.6 Å². The quantitative estimate of drug-likeness (QED) is 0.555. The number of fused-ring (bicyclic) bond motifs is 3. The van der Waals surface area contributed by atoms with Crippen LogP contribution in [-0.2, 0) is 0 Å². The number of pyridine rings is 1. The van der Waals surface area contributed by atoms with Gasteiger partial charge in [-0.15, -0.1) is 0 Å². The molecule has 15 heavy (non-hydrogen) atoms. The van der Waals surface area contributed by atoms with Crippen LogP contribution in [0.25, 0.3) is 21.8 Å². The summed E-state index contributed by atoms with van der Waals surface area (Å²) in [6, 6.07) is 7.41. The average Bonchev–Trinajstić information content (AvgIpc) is 2.30. The molecular formula is C11H7N3O. The zero-order valence-corrected chi connectivity index (χ0v) is 7.77. The monoisotopic (exact) mass is 197 g/mol. The maximum atomic E-state index is 11.7. The fraction of sp³-hybridized carbons (Fsp3) is 0. The molecule has 0 saturated carbocycles. The molecule has 0 aliphatic heterocycles. The van der Waals surface area contributed by atoms with Gasteiger partial charge < -0.3 is 4.98 Å². The normalized spacial score (nSPS) is 10.9. The molecular weight excluding hydrogens is 190 g/mol. The Labute approximate surface area is 84.6 Å². The number of benzene rings is 1. The van der Waals surface area contributed by atoms with E-state index >= 15 is 0 Å². The number of hydrogen-bond donors (Lipinski definition) is 1. The molecule has 1 N–H and O–H groups in total. The number of nitrogens with zero attached hydrogens (tertiary/aromatic N) is 2. The predicted molar refractivity (Wildman–Crippen MR) is 57.7 cm³/mol. The second kappa shape index (κ2) is 2.88. The van der Waals surface area contributed by atoms with Gasteiger partial charge in [0.15, 0.2) is 0 Å². The minimum atomic E-state index is -0.104. The van der Waals surface area contributed by atoms with Gasteiger partial charge in [-0.25, -0.2) is 9.97 Å². The van der Waals surface area contributed by atoms with Gasteiger partial charge in [-0.1, -0.05) is 18.2 Å². The van der Waals surface area contributed by atoms with Crippen molar-refractivity contribution in [2.45, 2.75) is 0 Å². The Morgan fingerprint density at radius 2 is 1.93 bits per heavy atom. The first-order chi connectivity index (χ1) is 7.36. The number of aromatic amines is 1. The van der Waals surface area contributed by atoms with E-state index in [0.29, 0.717) is 10.9 Å². The third-order valence-electron chi connectivity index (χ3n) is 2.39. The Hall–Kier alpha value is -2.23. The van der Waals surface area contributed by atoms with Gasteiger partial charge in [-0.3, -0.25) is 4.79 Å². The summed E-state index contributed by atoms with van der Waals surface area (Å²) in [5.41, 5.74) is 1.34. The van der Waals surface area contributed by atoms with Crippen molar-refractivity contribution >= 4 is 21.8 Å². The standard InChI is InChI=1S/C11H7N3O/c15-11-8-4-2-1-3-7(8)10-9(14-11)5-12-6-13-10/h1-6H,(H,14,15). The summed E-state index contributed by atoms with van der Waals surface area (Å²) in [4.78, 5) is 22.5. The van der Waals surface area contributed by atoms with Gasteiger partial charge in [-0.05, 0) is 6.07 Å². The van der Waals surface area contributed by atoms with Gasteiger partial charge in [0.1, 0.15) is 6.33 Å². The first kappa shape index (κ1) is 8.11. The summed E-state index contributed by atoms with van der Waals surface area (Å²) in [5, 5.41) is 1.52. The highest BCUT2D eigenvalue weighted by atomic mass is 16.1. The van der Waals surface area contributed by atoms with Crippen LogP contribution in [0.1, 0.15) is 0 Å². The number of nitrogens with one attached hydrogen (secondary N) is 1. The van der Waals surface area contributed by atoms with Gasteiger partial charge in [0.05, 0.1) is 17.2 Å². The van der Waals surface area contributed by atoms with E-state index in [2.05, 4.69) is 15.0 Å². The number of rotatable bonds is 0. The Kier molecular flexibility index (Phi) is 1.56. The van der Waals surface area contributed by atoms with Crippen molar-refractivity contribution in [3.8, 4) is 0 Å². The van der Waals surface area contributed by atoms with Crippen LogP contribution in [0, 0.1) is 0 Å². The summed E-state index contributed by atoms with van der Waals surface area (Å²) in [6.07, 6.45) is 3.09. The summed E-state index contributed by atoms with van der Waals surface area (Å²) in [5.74, 6) is 0. The van der Waals surface area contributed by atoms with Crippen LogP contribution >= 0.6 is 0 Å². The smallest absolute Gasteiger partial charge is 0.256 e.